The van der Waals surface area contributed by atoms with Crippen LogP contribution in [0.3, 0.4) is 0 Å². The SMILES string of the molecule is CC[C@@H]1CCN(CC2CCNCC2)C(=O)C1. The van der Waals surface area contributed by atoms with Gasteiger partial charge in [-0.15, -0.1) is 0 Å². The molecule has 0 aromatic carbocycles. The Labute approximate surface area is 98.6 Å². The minimum absolute atomic E-state index is 0.400. The first-order chi connectivity index (χ1) is 7.79. The van der Waals surface area contributed by atoms with Gasteiger partial charge in [-0.1, -0.05) is 13.3 Å². The third kappa shape index (κ3) is 2.97. The smallest absolute Gasteiger partial charge is 0.222 e. The lowest BCUT2D eigenvalue weighted by atomic mass is 9.91. The van der Waals surface area contributed by atoms with Crippen molar-refractivity contribution < 1.29 is 4.79 Å². The molecular weight excluding hydrogens is 200 g/mol. The van der Waals surface area contributed by atoms with Gasteiger partial charge in [0.2, 0.25) is 5.91 Å². The van der Waals surface area contributed by atoms with Gasteiger partial charge in [-0.25, -0.2) is 0 Å². The Balaban J connectivity index is 1.79. The maximum Gasteiger partial charge on any atom is 0.222 e. The van der Waals surface area contributed by atoms with E-state index in [2.05, 4.69) is 17.1 Å². The quantitative estimate of drug-likeness (QED) is 0.790. The van der Waals surface area contributed by atoms with Crippen molar-refractivity contribution in [3.05, 3.63) is 0 Å². The molecule has 1 amide bonds. The molecule has 2 rings (SSSR count). The maximum absolute atomic E-state index is 11.9. The molecule has 0 spiro atoms. The molecule has 2 fully saturated rings. The Morgan fingerprint density at radius 1 is 1.25 bits per heavy atom. The van der Waals surface area contributed by atoms with Gasteiger partial charge in [0.15, 0.2) is 0 Å². The van der Waals surface area contributed by atoms with Crippen molar-refractivity contribution in [2.75, 3.05) is 26.2 Å². The van der Waals surface area contributed by atoms with E-state index in [0.29, 0.717) is 11.8 Å². The van der Waals surface area contributed by atoms with E-state index in [1.807, 2.05) is 0 Å². The van der Waals surface area contributed by atoms with Gasteiger partial charge in [-0.3, -0.25) is 4.79 Å². The summed E-state index contributed by atoms with van der Waals surface area (Å²) in [6.07, 6.45) is 5.64. The van der Waals surface area contributed by atoms with Crippen molar-refractivity contribution in [2.45, 2.75) is 39.0 Å². The highest BCUT2D eigenvalue weighted by molar-refractivity contribution is 5.77. The molecule has 2 aliphatic rings. The summed E-state index contributed by atoms with van der Waals surface area (Å²) in [5, 5.41) is 3.38. The van der Waals surface area contributed by atoms with Gasteiger partial charge < -0.3 is 10.2 Å². The van der Waals surface area contributed by atoms with E-state index in [1.165, 1.54) is 19.3 Å². The largest absolute Gasteiger partial charge is 0.342 e. The van der Waals surface area contributed by atoms with E-state index in [1.54, 1.807) is 0 Å². The van der Waals surface area contributed by atoms with Crippen molar-refractivity contribution >= 4 is 5.91 Å². The standard InChI is InChI=1S/C13H24N2O/c1-2-11-5-8-15(13(16)9-11)10-12-3-6-14-7-4-12/h11-12,14H,2-10H2,1H3/t11-/m1/s1. The molecule has 1 atom stereocenters. The molecular formula is C13H24N2O. The van der Waals surface area contributed by atoms with Gasteiger partial charge in [0, 0.05) is 19.5 Å². The number of nitrogens with zero attached hydrogens (tertiary/aromatic N) is 1. The van der Waals surface area contributed by atoms with Crippen LogP contribution >= 0.6 is 0 Å². The molecule has 0 bridgehead atoms. The molecule has 0 aliphatic carbocycles. The Morgan fingerprint density at radius 3 is 2.62 bits per heavy atom. The predicted molar refractivity (Wildman–Crippen MR) is 65.2 cm³/mol. The average Bonchev–Trinajstić information content (AvgIpc) is 2.33. The number of piperidine rings is 2. The molecule has 92 valence electrons. The second-order valence-corrected chi connectivity index (χ2v) is 5.30. The van der Waals surface area contributed by atoms with E-state index >= 15 is 0 Å². The Hall–Kier alpha value is -0.570. The third-order valence-electron chi connectivity index (χ3n) is 4.14. The molecule has 3 nitrogen and oxygen atoms in total. The van der Waals surface area contributed by atoms with Gasteiger partial charge in [-0.2, -0.15) is 0 Å². The molecule has 2 heterocycles. The molecule has 16 heavy (non-hydrogen) atoms. The molecule has 3 heteroatoms. The number of hydrogen-bond donors (Lipinski definition) is 1. The second kappa shape index (κ2) is 5.67. The minimum Gasteiger partial charge on any atom is -0.342 e. The first-order valence-corrected chi connectivity index (χ1v) is 6.78. The van der Waals surface area contributed by atoms with Crippen LogP contribution in [0.25, 0.3) is 0 Å². The molecule has 0 aromatic heterocycles. The van der Waals surface area contributed by atoms with E-state index in [-0.39, 0.29) is 0 Å². The highest BCUT2D eigenvalue weighted by Gasteiger charge is 2.26. The van der Waals surface area contributed by atoms with Crippen LogP contribution in [0.1, 0.15) is 39.0 Å². The van der Waals surface area contributed by atoms with Crippen LogP contribution < -0.4 is 5.32 Å². The normalized spacial score (nSPS) is 28.4. The van der Waals surface area contributed by atoms with E-state index in [9.17, 15) is 4.79 Å². The molecule has 2 aliphatic heterocycles. The summed E-state index contributed by atoms with van der Waals surface area (Å²) in [5.74, 6) is 1.79. The summed E-state index contributed by atoms with van der Waals surface area (Å²) in [4.78, 5) is 14.1. The number of carbonyl (C=O) groups excluding carboxylic acids is 1. The number of hydrogen-bond acceptors (Lipinski definition) is 2. The van der Waals surface area contributed by atoms with Crippen LogP contribution in [0, 0.1) is 11.8 Å². The molecule has 0 saturated carbocycles. The first-order valence-electron chi connectivity index (χ1n) is 6.78. The van der Waals surface area contributed by atoms with Gasteiger partial charge >= 0.3 is 0 Å². The molecule has 2 saturated heterocycles. The minimum atomic E-state index is 0.400. The summed E-state index contributed by atoms with van der Waals surface area (Å²) >= 11 is 0. The number of carbonyl (C=O) groups is 1. The highest BCUT2D eigenvalue weighted by Crippen LogP contribution is 2.23. The van der Waals surface area contributed by atoms with Crippen LogP contribution in [-0.2, 0) is 4.79 Å². The molecule has 1 N–H and O–H groups in total. The maximum atomic E-state index is 11.9. The van der Waals surface area contributed by atoms with Crippen LogP contribution in [-0.4, -0.2) is 37.0 Å². The van der Waals surface area contributed by atoms with Crippen LogP contribution in [0.4, 0.5) is 0 Å². The van der Waals surface area contributed by atoms with Gasteiger partial charge in [-0.05, 0) is 44.2 Å². The molecule has 0 unspecified atom stereocenters. The molecule has 0 radical (unpaired) electrons. The Morgan fingerprint density at radius 2 is 2.00 bits per heavy atom. The fourth-order valence-electron chi connectivity index (χ4n) is 2.86. The predicted octanol–water partition coefficient (Wildman–Crippen LogP) is 1.63. The molecule has 0 aromatic rings. The Kier molecular flexibility index (Phi) is 4.22. The van der Waals surface area contributed by atoms with Crippen LogP contribution in [0.5, 0.6) is 0 Å². The highest BCUT2D eigenvalue weighted by atomic mass is 16.2. The zero-order valence-electron chi connectivity index (χ0n) is 10.4. The fraction of sp³-hybridized carbons (Fsp3) is 0.923. The second-order valence-electron chi connectivity index (χ2n) is 5.30. The summed E-state index contributed by atoms with van der Waals surface area (Å²) in [6, 6.07) is 0. The topological polar surface area (TPSA) is 32.3 Å². The Bertz CT molecular complexity index is 236. The van der Waals surface area contributed by atoms with Gasteiger partial charge in [0.25, 0.3) is 0 Å². The first kappa shape index (κ1) is 11.9. The lowest BCUT2D eigenvalue weighted by Crippen LogP contribution is -2.43. The lowest BCUT2D eigenvalue weighted by Gasteiger charge is -2.35. The fourth-order valence-corrected chi connectivity index (χ4v) is 2.86. The summed E-state index contributed by atoms with van der Waals surface area (Å²) in [6.45, 7) is 6.47. The zero-order chi connectivity index (χ0) is 11.4. The van der Waals surface area contributed by atoms with E-state index in [0.717, 1.165) is 44.9 Å². The van der Waals surface area contributed by atoms with E-state index < -0.39 is 0 Å². The number of likely N-dealkylation sites (tertiary alicyclic amines) is 1. The van der Waals surface area contributed by atoms with Crippen LogP contribution in [0.15, 0.2) is 0 Å². The monoisotopic (exact) mass is 224 g/mol. The number of rotatable bonds is 3. The van der Waals surface area contributed by atoms with Gasteiger partial charge in [0.05, 0.1) is 0 Å². The number of amides is 1. The third-order valence-corrected chi connectivity index (χ3v) is 4.14. The van der Waals surface area contributed by atoms with Crippen molar-refractivity contribution in [3.63, 3.8) is 0 Å². The van der Waals surface area contributed by atoms with Crippen molar-refractivity contribution in [3.8, 4) is 0 Å². The van der Waals surface area contributed by atoms with E-state index in [4.69, 9.17) is 0 Å². The lowest BCUT2D eigenvalue weighted by molar-refractivity contribution is -0.135. The van der Waals surface area contributed by atoms with Crippen molar-refractivity contribution in [1.82, 2.24) is 10.2 Å². The van der Waals surface area contributed by atoms with Gasteiger partial charge in [0.1, 0.15) is 0 Å². The van der Waals surface area contributed by atoms with Crippen molar-refractivity contribution in [1.29, 1.82) is 0 Å². The number of nitrogens with one attached hydrogen (secondary N) is 1. The zero-order valence-corrected chi connectivity index (χ0v) is 10.4. The average molecular weight is 224 g/mol. The van der Waals surface area contributed by atoms with Crippen molar-refractivity contribution in [2.24, 2.45) is 11.8 Å². The van der Waals surface area contributed by atoms with Crippen LogP contribution in [0.2, 0.25) is 0 Å². The summed E-state index contributed by atoms with van der Waals surface area (Å²) in [7, 11) is 0. The summed E-state index contributed by atoms with van der Waals surface area (Å²) < 4.78 is 0. The summed E-state index contributed by atoms with van der Waals surface area (Å²) in [5.41, 5.74) is 0.